The molecule has 19 heteroatoms. The third-order valence-corrected chi connectivity index (χ3v) is 17.5. The molecule has 7 amide bonds. The molecule has 1 aliphatic rings. The van der Waals surface area contributed by atoms with Gasteiger partial charge in [-0.25, -0.2) is 14.4 Å². The standard InChI is InChI=1S/C46H69N7O11Si/c1-12-20-63-45(59)51-40(27(2)3)42(56)50-36(14-13-19-48-44(47)58)41(55)49-33-17-15-32(16-18-33)25-53(46(60)61)37-23-39(64-65(28(4)5,29(6)7)30(8)9)38(62-11)22-35(37)43(57)52-24-31(10)21-34(52)26-54/h12,15-18,22-24,27-30,34,36,40,54H,1,13-14,19-21,25-26H2,2-11H3,(H,49,55)(H,50,56)(H,51,59)(H,60,61)(H3,47,48,58)/t34-,36-,40-/m0/s1. The van der Waals surface area contributed by atoms with Crippen LogP contribution >= 0.6 is 0 Å². The number of methoxy groups -OCH3 is 1. The summed E-state index contributed by atoms with van der Waals surface area (Å²) in [7, 11) is -1.17. The smallest absolute Gasteiger partial charge is 0.412 e. The average Bonchev–Trinajstić information content (AvgIpc) is 3.63. The van der Waals surface area contributed by atoms with Gasteiger partial charge in [-0.3, -0.25) is 19.3 Å². The SMILES string of the molecule is C=CCOC(=O)N[C@H](C(=O)N[C@@H](CCCNC(N)=O)C(=O)Nc1ccc(CN(C(=O)O)c2cc(O[Si](C(C)C)(C(C)C)C(C)C)c(OC)cc2C(=O)N2C=C(C)C[C@H]2CO)cc1)C(C)C. The van der Waals surface area contributed by atoms with Crippen LogP contribution in [0.25, 0.3) is 0 Å². The Balaban J connectivity index is 2.03. The summed E-state index contributed by atoms with van der Waals surface area (Å²) < 4.78 is 17.9. The highest BCUT2D eigenvalue weighted by atomic mass is 28.4. The van der Waals surface area contributed by atoms with Gasteiger partial charge in [-0.05, 0) is 72.5 Å². The molecule has 2 aromatic rings. The zero-order valence-corrected chi connectivity index (χ0v) is 40.4. The highest BCUT2D eigenvalue weighted by Crippen LogP contribution is 2.47. The fraction of sp³-hybridized carbons (Fsp3) is 0.522. The highest BCUT2D eigenvalue weighted by Gasteiger charge is 2.48. The highest BCUT2D eigenvalue weighted by molar-refractivity contribution is 6.78. The Morgan fingerprint density at radius 1 is 0.954 bits per heavy atom. The molecule has 0 radical (unpaired) electrons. The van der Waals surface area contributed by atoms with Crippen LogP contribution < -0.4 is 41.1 Å². The van der Waals surface area contributed by atoms with Crippen molar-refractivity contribution in [3.63, 3.8) is 0 Å². The predicted octanol–water partition coefficient (Wildman–Crippen LogP) is 6.85. The maximum absolute atomic E-state index is 14.4. The first-order chi connectivity index (χ1) is 30.6. The molecule has 0 bridgehead atoms. The lowest BCUT2D eigenvalue weighted by atomic mass is 10.0. The third-order valence-electron chi connectivity index (χ3n) is 11.5. The van der Waals surface area contributed by atoms with Gasteiger partial charge in [0, 0.05) is 24.5 Å². The minimum absolute atomic E-state index is 0.0264. The third kappa shape index (κ3) is 14.0. The van der Waals surface area contributed by atoms with Crippen LogP contribution in [0.3, 0.4) is 0 Å². The number of nitrogens with two attached hydrogens (primary N) is 1. The van der Waals surface area contributed by atoms with Crippen LogP contribution in [0.1, 0.15) is 97.5 Å². The van der Waals surface area contributed by atoms with E-state index in [0.717, 1.165) is 10.5 Å². The first-order valence-corrected chi connectivity index (χ1v) is 24.0. The molecular formula is C46H69N7O11Si. The number of carbonyl (C=O) groups excluding carboxylic acids is 5. The molecule has 8 N–H and O–H groups in total. The van der Waals surface area contributed by atoms with Crippen molar-refractivity contribution in [1.29, 1.82) is 0 Å². The number of anilines is 2. The van der Waals surface area contributed by atoms with Gasteiger partial charge in [-0.2, -0.15) is 0 Å². The summed E-state index contributed by atoms with van der Waals surface area (Å²) in [5.41, 5.74) is 7.45. The van der Waals surface area contributed by atoms with Gasteiger partial charge >= 0.3 is 18.2 Å². The number of carboxylic acid groups (broad SMARTS) is 1. The minimum atomic E-state index is -2.63. The van der Waals surface area contributed by atoms with E-state index in [4.69, 9.17) is 19.6 Å². The van der Waals surface area contributed by atoms with E-state index in [-0.39, 0.29) is 78.7 Å². The van der Waals surface area contributed by atoms with Crippen LogP contribution in [0.2, 0.25) is 16.6 Å². The van der Waals surface area contributed by atoms with Gasteiger partial charge in [0.2, 0.25) is 11.8 Å². The Bertz CT molecular complexity index is 2020. The van der Waals surface area contributed by atoms with Gasteiger partial charge < -0.3 is 56.0 Å². The number of nitrogens with zero attached hydrogens (tertiary/aromatic N) is 2. The van der Waals surface area contributed by atoms with Crippen LogP contribution in [-0.2, 0) is 20.9 Å². The number of carbonyl (C=O) groups is 6. The molecule has 0 aliphatic carbocycles. The van der Waals surface area contributed by atoms with Crippen LogP contribution in [0.15, 0.2) is 60.8 Å². The lowest BCUT2D eigenvalue weighted by Gasteiger charge is -2.42. The van der Waals surface area contributed by atoms with Gasteiger partial charge in [0.05, 0.1) is 37.6 Å². The summed E-state index contributed by atoms with van der Waals surface area (Å²) in [6.45, 7) is 21.1. The molecule has 3 atom stereocenters. The van der Waals surface area contributed by atoms with E-state index < -0.39 is 62.4 Å². The lowest BCUT2D eigenvalue weighted by molar-refractivity contribution is -0.128. The fourth-order valence-corrected chi connectivity index (χ4v) is 13.6. The number of urea groups is 1. The zero-order chi connectivity index (χ0) is 48.8. The Morgan fingerprint density at radius 3 is 2.11 bits per heavy atom. The first-order valence-electron chi connectivity index (χ1n) is 21.9. The number of ether oxygens (including phenoxy) is 2. The second-order valence-corrected chi connectivity index (χ2v) is 22.8. The molecule has 0 unspecified atom stereocenters. The normalized spacial score (nSPS) is 14.7. The van der Waals surface area contributed by atoms with Crippen molar-refractivity contribution in [2.75, 3.05) is 37.1 Å². The van der Waals surface area contributed by atoms with Crippen molar-refractivity contribution < 1.29 is 52.9 Å². The largest absolute Gasteiger partial charge is 0.540 e. The van der Waals surface area contributed by atoms with Crippen LogP contribution in [-0.4, -0.2) is 104 Å². The molecule has 1 heterocycles. The van der Waals surface area contributed by atoms with Crippen molar-refractivity contribution in [1.82, 2.24) is 20.9 Å². The molecule has 358 valence electrons. The number of hydrogen-bond donors (Lipinski definition) is 7. The molecule has 3 rings (SSSR count). The lowest BCUT2D eigenvalue weighted by Crippen LogP contribution is -2.54. The molecule has 65 heavy (non-hydrogen) atoms. The Hall–Kier alpha value is -6.08. The molecule has 18 nitrogen and oxygen atoms in total. The number of primary amides is 1. The molecule has 0 spiro atoms. The number of aliphatic hydroxyl groups excluding tert-OH is 1. The molecule has 2 aromatic carbocycles. The average molecular weight is 924 g/mol. The number of amides is 7. The van der Waals surface area contributed by atoms with Crippen LogP contribution in [0.4, 0.5) is 25.8 Å². The molecule has 1 aliphatic heterocycles. The summed E-state index contributed by atoms with van der Waals surface area (Å²) in [5, 5.41) is 31.5. The zero-order valence-electron chi connectivity index (χ0n) is 39.4. The van der Waals surface area contributed by atoms with Crippen molar-refractivity contribution in [2.24, 2.45) is 11.7 Å². The Morgan fingerprint density at radius 2 is 1.58 bits per heavy atom. The molecule has 0 aromatic heterocycles. The molecule has 0 fully saturated rings. The number of nitrogens with one attached hydrogen (secondary N) is 4. The van der Waals surface area contributed by atoms with Crippen molar-refractivity contribution in [3.8, 4) is 11.5 Å². The number of alkyl carbamates (subject to hydrolysis) is 1. The monoisotopic (exact) mass is 923 g/mol. The first kappa shape index (κ1) is 53.3. The summed E-state index contributed by atoms with van der Waals surface area (Å²) in [4.78, 5) is 81.0. The predicted molar refractivity (Wildman–Crippen MR) is 251 cm³/mol. The summed E-state index contributed by atoms with van der Waals surface area (Å²) in [5.74, 6) is -1.57. The number of aliphatic hydroxyl groups is 1. The Kier molecular flexibility index (Phi) is 19.9. The quantitative estimate of drug-likeness (QED) is 0.0345. The summed E-state index contributed by atoms with van der Waals surface area (Å²) >= 11 is 0. The topological polar surface area (TPSA) is 251 Å². The van der Waals surface area contributed by atoms with Gasteiger partial charge in [0.15, 0.2) is 5.75 Å². The van der Waals surface area contributed by atoms with Crippen LogP contribution in [0.5, 0.6) is 11.5 Å². The van der Waals surface area contributed by atoms with E-state index in [9.17, 15) is 39.0 Å². The van der Waals surface area contributed by atoms with Crippen molar-refractivity contribution >= 4 is 55.6 Å². The van der Waals surface area contributed by atoms with E-state index in [2.05, 4.69) is 69.4 Å². The Labute approximate surface area is 383 Å². The van der Waals surface area contributed by atoms with E-state index >= 15 is 0 Å². The van der Waals surface area contributed by atoms with Crippen molar-refractivity contribution in [3.05, 3.63) is 72.0 Å². The number of hydrogen-bond acceptors (Lipinski definition) is 10. The molecule has 0 saturated heterocycles. The van der Waals surface area contributed by atoms with Gasteiger partial charge in [-0.1, -0.05) is 85.8 Å². The number of benzene rings is 2. The maximum Gasteiger partial charge on any atom is 0.412 e. The fourth-order valence-electron chi connectivity index (χ4n) is 8.36. The maximum atomic E-state index is 14.4. The minimum Gasteiger partial charge on any atom is -0.540 e. The van der Waals surface area contributed by atoms with Gasteiger partial charge in [0.25, 0.3) is 14.2 Å². The second kappa shape index (κ2) is 24.3. The van der Waals surface area contributed by atoms with Gasteiger partial charge in [-0.15, -0.1) is 0 Å². The van der Waals surface area contributed by atoms with E-state index in [1.54, 1.807) is 50.4 Å². The molecular weight excluding hydrogens is 855 g/mol. The summed E-state index contributed by atoms with van der Waals surface area (Å²) in [6, 6.07) is 5.99. The van der Waals surface area contributed by atoms with E-state index in [0.29, 0.717) is 23.4 Å². The van der Waals surface area contributed by atoms with Gasteiger partial charge in [0.1, 0.15) is 24.4 Å². The second-order valence-electron chi connectivity index (χ2n) is 17.5. The van der Waals surface area contributed by atoms with E-state index in [1.807, 2.05) is 6.92 Å². The van der Waals surface area contributed by atoms with Crippen molar-refractivity contribution in [2.45, 2.75) is 123 Å². The summed E-state index contributed by atoms with van der Waals surface area (Å²) in [6.07, 6.45) is 1.65. The van der Waals surface area contributed by atoms with Crippen LogP contribution in [0, 0.1) is 5.92 Å². The molecule has 0 saturated carbocycles. The number of rotatable bonds is 23. The van der Waals surface area contributed by atoms with E-state index in [1.165, 1.54) is 24.2 Å².